The second-order valence-corrected chi connectivity index (χ2v) is 2.34. The minimum absolute atomic E-state index is 0.222. The van der Waals surface area contributed by atoms with E-state index in [4.69, 9.17) is 11.5 Å². The molecule has 0 aliphatic carbocycles. The normalized spacial score (nSPS) is 10.4. The quantitative estimate of drug-likeness (QED) is 0.676. The molecule has 0 saturated carbocycles. The van der Waals surface area contributed by atoms with Crippen molar-refractivity contribution in [3.63, 3.8) is 0 Å². The fourth-order valence-corrected chi connectivity index (χ4v) is 0.939. The summed E-state index contributed by atoms with van der Waals surface area (Å²) in [5.74, 6) is -0.237. The van der Waals surface area contributed by atoms with Crippen LogP contribution in [0.15, 0.2) is 6.20 Å². The van der Waals surface area contributed by atoms with Crippen LogP contribution in [0.2, 0.25) is 0 Å². The molecular formula is C7H7F2N3O. The number of carbonyl (C=O) groups is 1. The largest absolute Gasteiger partial charge is 0.397 e. The van der Waals surface area contributed by atoms with Gasteiger partial charge >= 0.3 is 0 Å². The minimum atomic E-state index is -2.83. The lowest BCUT2D eigenvalue weighted by molar-refractivity contribution is 0.110. The van der Waals surface area contributed by atoms with Crippen LogP contribution in [-0.4, -0.2) is 11.3 Å². The van der Waals surface area contributed by atoms with Crippen molar-refractivity contribution in [2.24, 2.45) is 0 Å². The molecule has 0 radical (unpaired) electrons. The third kappa shape index (κ3) is 1.56. The van der Waals surface area contributed by atoms with Crippen LogP contribution in [0.1, 0.15) is 22.3 Å². The van der Waals surface area contributed by atoms with Crippen LogP contribution < -0.4 is 11.5 Å². The fraction of sp³-hybridized carbons (Fsp3) is 0.143. The number of halogens is 2. The van der Waals surface area contributed by atoms with Gasteiger partial charge < -0.3 is 11.5 Å². The highest BCUT2D eigenvalue weighted by Crippen LogP contribution is 2.29. The first kappa shape index (κ1) is 9.37. The number of nitrogen functional groups attached to an aromatic ring is 2. The van der Waals surface area contributed by atoms with Crippen molar-refractivity contribution in [1.82, 2.24) is 4.98 Å². The molecule has 0 atom stereocenters. The second-order valence-electron chi connectivity index (χ2n) is 2.34. The highest BCUT2D eigenvalue weighted by Gasteiger charge is 2.19. The van der Waals surface area contributed by atoms with Crippen LogP contribution in [0.3, 0.4) is 0 Å². The van der Waals surface area contributed by atoms with Crippen molar-refractivity contribution in [3.8, 4) is 0 Å². The molecule has 6 heteroatoms. The number of nitrogens with zero attached hydrogens (tertiary/aromatic N) is 1. The van der Waals surface area contributed by atoms with Crippen LogP contribution in [0.25, 0.3) is 0 Å². The van der Waals surface area contributed by atoms with Gasteiger partial charge in [-0.15, -0.1) is 0 Å². The zero-order valence-electron chi connectivity index (χ0n) is 6.50. The fourth-order valence-electron chi connectivity index (χ4n) is 0.939. The molecular weight excluding hydrogens is 180 g/mol. The third-order valence-corrected chi connectivity index (χ3v) is 1.56. The summed E-state index contributed by atoms with van der Waals surface area (Å²) in [7, 11) is 0. The smallest absolute Gasteiger partial charge is 0.266 e. The van der Waals surface area contributed by atoms with Gasteiger partial charge in [-0.3, -0.25) is 4.79 Å². The molecule has 0 spiro atoms. The predicted molar refractivity (Wildman–Crippen MR) is 43.4 cm³/mol. The van der Waals surface area contributed by atoms with E-state index in [0.717, 1.165) is 6.20 Å². The molecule has 0 saturated heterocycles. The summed E-state index contributed by atoms with van der Waals surface area (Å²) in [6, 6.07) is 0. The Kier molecular flexibility index (Phi) is 2.41. The molecule has 0 aliphatic heterocycles. The van der Waals surface area contributed by atoms with Gasteiger partial charge in [0.1, 0.15) is 5.82 Å². The topological polar surface area (TPSA) is 82.0 Å². The van der Waals surface area contributed by atoms with E-state index in [-0.39, 0.29) is 23.4 Å². The maximum absolute atomic E-state index is 12.3. The SMILES string of the molecule is Nc1cnc(N)c(C=O)c1C(F)F. The van der Waals surface area contributed by atoms with E-state index in [1.807, 2.05) is 0 Å². The van der Waals surface area contributed by atoms with Gasteiger partial charge in [-0.05, 0) is 0 Å². The first-order valence-electron chi connectivity index (χ1n) is 3.35. The van der Waals surface area contributed by atoms with Crippen LogP contribution in [0, 0.1) is 0 Å². The van der Waals surface area contributed by atoms with Gasteiger partial charge in [0.25, 0.3) is 6.43 Å². The van der Waals surface area contributed by atoms with E-state index < -0.39 is 12.0 Å². The van der Waals surface area contributed by atoms with Crippen molar-refractivity contribution in [2.45, 2.75) is 6.43 Å². The Labute approximate surface area is 72.6 Å². The Morgan fingerprint density at radius 3 is 2.46 bits per heavy atom. The van der Waals surface area contributed by atoms with Crippen molar-refractivity contribution in [1.29, 1.82) is 0 Å². The van der Waals surface area contributed by atoms with Gasteiger partial charge in [0.15, 0.2) is 6.29 Å². The lowest BCUT2D eigenvalue weighted by Crippen LogP contribution is -2.06. The van der Waals surface area contributed by atoms with Gasteiger partial charge in [-0.1, -0.05) is 0 Å². The Hall–Kier alpha value is -1.72. The van der Waals surface area contributed by atoms with Crippen LogP contribution in [0.5, 0.6) is 0 Å². The summed E-state index contributed by atoms with van der Waals surface area (Å²) >= 11 is 0. The minimum Gasteiger partial charge on any atom is -0.397 e. The van der Waals surface area contributed by atoms with E-state index in [1.165, 1.54) is 0 Å². The highest BCUT2D eigenvalue weighted by atomic mass is 19.3. The zero-order chi connectivity index (χ0) is 10.0. The van der Waals surface area contributed by atoms with E-state index in [2.05, 4.69) is 4.98 Å². The molecule has 0 bridgehead atoms. The lowest BCUT2D eigenvalue weighted by atomic mass is 10.1. The Bertz CT molecular complexity index is 341. The number of pyridine rings is 1. The molecule has 70 valence electrons. The Morgan fingerprint density at radius 2 is 2.08 bits per heavy atom. The molecule has 0 unspecified atom stereocenters. The molecule has 1 aromatic rings. The third-order valence-electron chi connectivity index (χ3n) is 1.56. The molecule has 0 fully saturated rings. The number of alkyl halides is 2. The number of hydrogen-bond acceptors (Lipinski definition) is 4. The van der Waals surface area contributed by atoms with E-state index in [0.29, 0.717) is 0 Å². The maximum Gasteiger partial charge on any atom is 0.266 e. The van der Waals surface area contributed by atoms with E-state index in [1.54, 1.807) is 0 Å². The molecule has 0 aliphatic rings. The van der Waals surface area contributed by atoms with Crippen molar-refractivity contribution in [2.75, 3.05) is 11.5 Å². The highest BCUT2D eigenvalue weighted by molar-refractivity contribution is 5.86. The monoisotopic (exact) mass is 187 g/mol. The number of nitrogens with two attached hydrogens (primary N) is 2. The molecule has 4 nitrogen and oxygen atoms in total. The number of anilines is 2. The average Bonchev–Trinajstić information content (AvgIpc) is 2.07. The summed E-state index contributed by atoms with van der Waals surface area (Å²) in [5, 5.41) is 0. The Balaban J connectivity index is 3.43. The van der Waals surface area contributed by atoms with Crippen LogP contribution >= 0.6 is 0 Å². The van der Waals surface area contributed by atoms with Gasteiger partial charge in [-0.2, -0.15) is 0 Å². The van der Waals surface area contributed by atoms with Crippen molar-refractivity contribution in [3.05, 3.63) is 17.3 Å². The number of hydrogen-bond donors (Lipinski definition) is 2. The van der Waals surface area contributed by atoms with E-state index >= 15 is 0 Å². The number of rotatable bonds is 2. The first-order chi connectivity index (χ1) is 6.07. The van der Waals surface area contributed by atoms with Crippen molar-refractivity contribution < 1.29 is 13.6 Å². The van der Waals surface area contributed by atoms with E-state index in [9.17, 15) is 13.6 Å². The maximum atomic E-state index is 12.3. The van der Waals surface area contributed by atoms with Crippen LogP contribution in [0.4, 0.5) is 20.3 Å². The van der Waals surface area contributed by atoms with Crippen molar-refractivity contribution >= 4 is 17.8 Å². The summed E-state index contributed by atoms with van der Waals surface area (Å²) in [4.78, 5) is 13.9. The molecule has 1 rings (SSSR count). The van der Waals surface area contributed by atoms with Gasteiger partial charge in [-0.25, -0.2) is 13.8 Å². The summed E-state index contributed by atoms with van der Waals surface area (Å²) in [6.07, 6.45) is -1.60. The summed E-state index contributed by atoms with van der Waals surface area (Å²) in [6.45, 7) is 0. The zero-order valence-corrected chi connectivity index (χ0v) is 6.50. The molecule has 4 N–H and O–H groups in total. The van der Waals surface area contributed by atoms with Gasteiger partial charge in [0, 0.05) is 0 Å². The van der Waals surface area contributed by atoms with Gasteiger partial charge in [0.05, 0.1) is 23.0 Å². The number of aromatic nitrogens is 1. The molecule has 1 heterocycles. The molecule has 1 aromatic heterocycles. The summed E-state index contributed by atoms with van der Waals surface area (Å²) < 4.78 is 24.7. The number of carbonyl (C=O) groups excluding carboxylic acids is 1. The standard InChI is InChI=1S/C7H7F2N3O/c8-6(9)5-3(2-13)7(11)12-1-4(5)10/h1-2,6H,10H2,(H2,11,12). The predicted octanol–water partition coefficient (Wildman–Crippen LogP) is 0.996. The number of aldehydes is 1. The lowest BCUT2D eigenvalue weighted by Gasteiger charge is -2.08. The second kappa shape index (κ2) is 3.34. The Morgan fingerprint density at radius 1 is 1.46 bits per heavy atom. The average molecular weight is 187 g/mol. The molecule has 13 heavy (non-hydrogen) atoms. The van der Waals surface area contributed by atoms with Gasteiger partial charge in [0.2, 0.25) is 0 Å². The molecule has 0 amide bonds. The first-order valence-corrected chi connectivity index (χ1v) is 3.35. The summed E-state index contributed by atoms with van der Waals surface area (Å²) in [5.41, 5.74) is 9.30. The van der Waals surface area contributed by atoms with Crippen LogP contribution in [-0.2, 0) is 0 Å². The molecule has 0 aromatic carbocycles.